The Hall–Kier alpha value is -3.51. The van der Waals surface area contributed by atoms with Crippen molar-refractivity contribution in [2.24, 2.45) is 18.7 Å². The van der Waals surface area contributed by atoms with Gasteiger partial charge in [0.15, 0.2) is 0 Å². The molecular weight excluding hydrogens is 511 g/mol. The molecule has 8 nitrogen and oxygen atoms in total. The molecule has 206 valence electrons. The number of fused-ring (bicyclic) bond motifs is 1. The molecule has 1 fully saturated rings. The van der Waals surface area contributed by atoms with Crippen molar-refractivity contribution >= 4 is 22.8 Å². The number of aromatic nitrogens is 4. The number of nitrogens with two attached hydrogens (primary N) is 1. The maximum absolute atomic E-state index is 13.9. The van der Waals surface area contributed by atoms with Crippen molar-refractivity contribution < 1.29 is 31.5 Å². The summed E-state index contributed by atoms with van der Waals surface area (Å²) in [6, 6.07) is 6.15. The van der Waals surface area contributed by atoms with Crippen LogP contribution in [0.2, 0.25) is 0 Å². The summed E-state index contributed by atoms with van der Waals surface area (Å²) in [5.41, 5.74) is 7.95. The lowest BCUT2D eigenvalue weighted by molar-refractivity contribution is -0.144. The topological polar surface area (TPSA) is 119 Å². The maximum Gasteiger partial charge on any atom is 0.389 e. The fourth-order valence-electron chi connectivity index (χ4n) is 4.99. The molecule has 0 aliphatic heterocycles. The second-order valence-corrected chi connectivity index (χ2v) is 9.92. The Morgan fingerprint density at radius 3 is 2.53 bits per heavy atom. The highest BCUT2D eigenvalue weighted by molar-refractivity contribution is 5.91. The summed E-state index contributed by atoms with van der Waals surface area (Å²) in [5.74, 6) is -4.33. The number of rotatable bonds is 8. The molecule has 1 aliphatic carbocycles. The molecule has 0 spiro atoms. The first kappa shape index (κ1) is 27.5. The molecule has 0 bridgehead atoms. The lowest BCUT2D eigenvalue weighted by Gasteiger charge is -2.32. The molecule has 2 amide bonds. The summed E-state index contributed by atoms with van der Waals surface area (Å²) in [7, 11) is 1.57. The van der Waals surface area contributed by atoms with Crippen molar-refractivity contribution in [1.29, 1.82) is 0 Å². The molecule has 1 aliphatic rings. The average molecular weight is 541 g/mol. The van der Waals surface area contributed by atoms with Gasteiger partial charge in [-0.2, -0.15) is 18.3 Å². The fraction of sp³-hybridized carbons (Fsp3) is 0.520. The van der Waals surface area contributed by atoms with Crippen molar-refractivity contribution in [1.82, 2.24) is 25.1 Å². The number of hydrogen-bond donors (Lipinski definition) is 3. The summed E-state index contributed by atoms with van der Waals surface area (Å²) >= 11 is 0. The van der Waals surface area contributed by atoms with Crippen LogP contribution in [0.5, 0.6) is 0 Å². The van der Waals surface area contributed by atoms with Crippen LogP contribution in [0.15, 0.2) is 24.3 Å². The van der Waals surface area contributed by atoms with Crippen molar-refractivity contribution in [3.63, 3.8) is 0 Å². The van der Waals surface area contributed by atoms with Crippen LogP contribution in [0, 0.1) is 5.92 Å². The van der Waals surface area contributed by atoms with Crippen molar-refractivity contribution in [2.75, 3.05) is 0 Å². The van der Waals surface area contributed by atoms with Gasteiger partial charge in [0.2, 0.25) is 11.8 Å². The summed E-state index contributed by atoms with van der Waals surface area (Å²) in [6.45, 7) is 1.66. The number of H-pyrrole nitrogens is 1. The van der Waals surface area contributed by atoms with Gasteiger partial charge in [0.1, 0.15) is 11.5 Å². The summed E-state index contributed by atoms with van der Waals surface area (Å²) in [4.78, 5) is 31.7. The van der Waals surface area contributed by atoms with Gasteiger partial charge in [0.25, 0.3) is 5.91 Å². The summed E-state index contributed by atoms with van der Waals surface area (Å²) in [6.07, 6.45) is -6.33. The highest BCUT2D eigenvalue weighted by Crippen LogP contribution is 2.44. The van der Waals surface area contributed by atoms with Gasteiger partial charge in [-0.05, 0) is 49.4 Å². The molecule has 4 N–H and O–H groups in total. The molecule has 0 radical (unpaired) electrons. The number of alkyl halides is 5. The average Bonchev–Trinajstić information content (AvgIpc) is 3.41. The lowest BCUT2D eigenvalue weighted by atomic mass is 9.77. The van der Waals surface area contributed by atoms with E-state index in [9.17, 15) is 31.5 Å². The van der Waals surface area contributed by atoms with Gasteiger partial charge in [-0.25, -0.2) is 13.8 Å². The van der Waals surface area contributed by atoms with Gasteiger partial charge in [0.05, 0.1) is 35.1 Å². The molecule has 0 saturated heterocycles. The van der Waals surface area contributed by atoms with E-state index in [1.54, 1.807) is 38.2 Å². The number of nitrogens with one attached hydrogen (secondary N) is 2. The van der Waals surface area contributed by atoms with Gasteiger partial charge in [-0.3, -0.25) is 14.3 Å². The quantitative estimate of drug-likeness (QED) is 0.353. The number of benzene rings is 1. The summed E-state index contributed by atoms with van der Waals surface area (Å²) < 4.78 is 66.4. The van der Waals surface area contributed by atoms with E-state index in [-0.39, 0.29) is 37.3 Å². The zero-order valence-electron chi connectivity index (χ0n) is 20.9. The van der Waals surface area contributed by atoms with E-state index in [1.807, 2.05) is 0 Å². The highest BCUT2D eigenvalue weighted by Gasteiger charge is 2.40. The van der Waals surface area contributed by atoms with Crippen LogP contribution in [-0.4, -0.2) is 43.7 Å². The van der Waals surface area contributed by atoms with Crippen LogP contribution < -0.4 is 11.1 Å². The molecule has 1 saturated carbocycles. The number of hydrogen-bond acceptors (Lipinski definition) is 4. The first-order chi connectivity index (χ1) is 17.7. The van der Waals surface area contributed by atoms with Crippen molar-refractivity contribution in [3.05, 3.63) is 47.0 Å². The predicted octanol–water partition coefficient (Wildman–Crippen LogP) is 4.87. The van der Waals surface area contributed by atoms with Crippen molar-refractivity contribution in [2.45, 2.75) is 69.5 Å². The molecule has 3 aromatic rings. The van der Waals surface area contributed by atoms with Crippen molar-refractivity contribution in [3.8, 4) is 0 Å². The number of amides is 2. The Morgan fingerprint density at radius 1 is 1.24 bits per heavy atom. The van der Waals surface area contributed by atoms with E-state index in [1.165, 1.54) is 4.68 Å². The zero-order valence-corrected chi connectivity index (χ0v) is 20.9. The van der Waals surface area contributed by atoms with Gasteiger partial charge in [0, 0.05) is 26.3 Å². The SMILES string of the molecule is C[C@@H](NC(=O)CCC(F)(F)F)c1ccc2nc([C@H](c3cc(C(N)=O)n(C)n3)C3CCC(F)(F)CC3)[nH]c2c1. The maximum atomic E-state index is 13.9. The van der Waals surface area contributed by atoms with E-state index in [0.717, 1.165) is 0 Å². The molecule has 0 unspecified atom stereocenters. The van der Waals surface area contributed by atoms with Gasteiger partial charge >= 0.3 is 6.18 Å². The Morgan fingerprint density at radius 2 is 1.92 bits per heavy atom. The molecule has 1 aromatic carbocycles. The predicted molar refractivity (Wildman–Crippen MR) is 128 cm³/mol. The van der Waals surface area contributed by atoms with Gasteiger partial charge in [-0.15, -0.1) is 0 Å². The monoisotopic (exact) mass is 540 g/mol. The third-order valence-electron chi connectivity index (χ3n) is 7.03. The standard InChI is InChI=1S/C25H29F5N6O2/c1-13(32-20(37)7-10-25(28,29)30)15-3-4-16-17(11-15)34-23(33-16)21(14-5-8-24(26,27)9-6-14)18-12-19(22(31)38)36(2)35-18/h3-4,11-14,21H,5-10H2,1-2H3,(H2,31,38)(H,32,37)(H,33,34)/t13-,21+/m1/s1. The van der Waals surface area contributed by atoms with Crippen LogP contribution in [0.3, 0.4) is 0 Å². The molecule has 38 heavy (non-hydrogen) atoms. The number of carbonyl (C=O) groups is 2. The van der Waals surface area contributed by atoms with E-state index >= 15 is 0 Å². The van der Waals surface area contributed by atoms with E-state index in [4.69, 9.17) is 5.73 Å². The minimum absolute atomic E-state index is 0.180. The number of carbonyl (C=O) groups excluding carboxylic acids is 2. The lowest BCUT2D eigenvalue weighted by Crippen LogP contribution is -2.28. The smallest absolute Gasteiger partial charge is 0.364 e. The molecule has 13 heteroatoms. The molecule has 4 rings (SSSR count). The number of imidazole rings is 1. The first-order valence-electron chi connectivity index (χ1n) is 12.3. The van der Waals surface area contributed by atoms with E-state index < -0.39 is 48.7 Å². The number of aromatic amines is 1. The number of halogens is 5. The second kappa shape index (κ2) is 10.3. The Bertz CT molecular complexity index is 1320. The Balaban J connectivity index is 1.62. The third-order valence-corrected chi connectivity index (χ3v) is 7.03. The highest BCUT2D eigenvalue weighted by atomic mass is 19.4. The Kier molecular flexibility index (Phi) is 7.48. The number of aryl methyl sites for hydroxylation is 1. The number of primary amides is 1. The summed E-state index contributed by atoms with van der Waals surface area (Å²) in [5, 5.41) is 7.01. The van der Waals surface area contributed by atoms with Crippen LogP contribution in [0.4, 0.5) is 22.0 Å². The van der Waals surface area contributed by atoms with E-state index in [0.29, 0.717) is 28.1 Å². The van der Waals surface area contributed by atoms with Gasteiger partial charge in [-0.1, -0.05) is 6.07 Å². The van der Waals surface area contributed by atoms with Crippen LogP contribution in [0.25, 0.3) is 11.0 Å². The fourth-order valence-corrected chi connectivity index (χ4v) is 4.99. The normalized spacial score (nSPS) is 17.9. The Labute approximate surface area is 215 Å². The van der Waals surface area contributed by atoms with Crippen LogP contribution >= 0.6 is 0 Å². The van der Waals surface area contributed by atoms with Gasteiger partial charge < -0.3 is 16.0 Å². The minimum Gasteiger partial charge on any atom is -0.364 e. The largest absolute Gasteiger partial charge is 0.389 e. The molecule has 2 atom stereocenters. The first-order valence-corrected chi connectivity index (χ1v) is 12.3. The second-order valence-electron chi connectivity index (χ2n) is 9.92. The third kappa shape index (κ3) is 6.30. The minimum atomic E-state index is -4.41. The van der Waals surface area contributed by atoms with Crippen LogP contribution in [-0.2, 0) is 11.8 Å². The van der Waals surface area contributed by atoms with Crippen LogP contribution in [0.1, 0.15) is 85.0 Å². The number of nitrogens with zero attached hydrogens (tertiary/aromatic N) is 3. The molecule has 2 aromatic heterocycles. The molecule has 2 heterocycles. The van der Waals surface area contributed by atoms with E-state index in [2.05, 4.69) is 20.4 Å². The molecular formula is C25H29F5N6O2. The zero-order chi connectivity index (χ0) is 27.8.